The maximum Gasteiger partial charge on any atom is 0.340 e. The fraction of sp³-hybridized carbons (Fsp3) is 0.600. The van der Waals surface area contributed by atoms with Crippen molar-refractivity contribution in [2.45, 2.75) is 45.1 Å². The summed E-state index contributed by atoms with van der Waals surface area (Å²) in [5.74, 6) is 0.412. The zero-order valence-electron chi connectivity index (χ0n) is 12.1. The summed E-state index contributed by atoms with van der Waals surface area (Å²) in [6.07, 6.45) is 7.36. The molecule has 1 saturated carbocycles. The molecule has 2 atom stereocenters. The summed E-state index contributed by atoms with van der Waals surface area (Å²) in [5.41, 5.74) is 6.55. The lowest BCUT2D eigenvalue weighted by Gasteiger charge is -2.31. The number of ether oxygens (including phenoxy) is 2. The Morgan fingerprint density at radius 1 is 1.45 bits per heavy atom. The van der Waals surface area contributed by atoms with Gasteiger partial charge in [0.15, 0.2) is 0 Å². The third-order valence-electron chi connectivity index (χ3n) is 3.99. The quantitative estimate of drug-likeness (QED) is 0.857. The van der Waals surface area contributed by atoms with E-state index in [0.29, 0.717) is 17.4 Å². The van der Waals surface area contributed by atoms with Gasteiger partial charge in [0, 0.05) is 6.20 Å². The highest BCUT2D eigenvalue weighted by Crippen LogP contribution is 2.32. The first kappa shape index (κ1) is 14.6. The van der Waals surface area contributed by atoms with Gasteiger partial charge in [0.25, 0.3) is 0 Å². The van der Waals surface area contributed by atoms with E-state index in [1.165, 1.54) is 26.1 Å². The fourth-order valence-electron chi connectivity index (χ4n) is 2.78. The summed E-state index contributed by atoms with van der Waals surface area (Å²) in [6, 6.07) is 1.55. The number of carbonyl (C=O) groups is 1. The summed E-state index contributed by atoms with van der Waals surface area (Å²) in [6.45, 7) is 2.17. The van der Waals surface area contributed by atoms with Gasteiger partial charge in [-0.05, 0) is 37.7 Å². The van der Waals surface area contributed by atoms with Crippen LogP contribution in [-0.2, 0) is 4.74 Å². The SMILES string of the molecule is CCC1CCCCC1Oc1nccc(C(=O)OC)c1N. The van der Waals surface area contributed by atoms with Gasteiger partial charge in [0.2, 0.25) is 5.88 Å². The molecule has 1 fully saturated rings. The summed E-state index contributed by atoms with van der Waals surface area (Å²) in [7, 11) is 1.33. The van der Waals surface area contributed by atoms with Gasteiger partial charge in [-0.2, -0.15) is 0 Å². The third-order valence-corrected chi connectivity index (χ3v) is 3.99. The zero-order chi connectivity index (χ0) is 14.5. The number of nitrogens with zero attached hydrogens (tertiary/aromatic N) is 1. The minimum atomic E-state index is -0.467. The monoisotopic (exact) mass is 278 g/mol. The second-order valence-corrected chi connectivity index (χ2v) is 5.18. The number of anilines is 1. The van der Waals surface area contributed by atoms with Gasteiger partial charge < -0.3 is 15.2 Å². The lowest BCUT2D eigenvalue weighted by molar-refractivity contribution is 0.0598. The molecule has 2 N–H and O–H groups in total. The van der Waals surface area contributed by atoms with E-state index in [-0.39, 0.29) is 11.8 Å². The van der Waals surface area contributed by atoms with E-state index in [1.54, 1.807) is 6.07 Å². The number of hydrogen-bond acceptors (Lipinski definition) is 5. The molecule has 0 spiro atoms. The Balaban J connectivity index is 2.18. The number of hydrogen-bond donors (Lipinski definition) is 1. The van der Waals surface area contributed by atoms with E-state index in [0.717, 1.165) is 19.3 Å². The van der Waals surface area contributed by atoms with Crippen LogP contribution in [0.25, 0.3) is 0 Å². The van der Waals surface area contributed by atoms with Gasteiger partial charge in [-0.25, -0.2) is 9.78 Å². The molecule has 1 aromatic heterocycles. The molecule has 0 bridgehead atoms. The molecule has 5 heteroatoms. The van der Waals surface area contributed by atoms with Crippen molar-refractivity contribution in [3.63, 3.8) is 0 Å². The first-order chi connectivity index (χ1) is 9.67. The molecule has 0 aromatic carbocycles. The molecule has 5 nitrogen and oxygen atoms in total. The number of rotatable bonds is 4. The Bertz CT molecular complexity index is 476. The van der Waals surface area contributed by atoms with E-state index in [4.69, 9.17) is 15.2 Å². The molecule has 0 aliphatic heterocycles. The number of nitrogens with two attached hydrogens (primary N) is 1. The molecule has 0 saturated heterocycles. The second-order valence-electron chi connectivity index (χ2n) is 5.18. The van der Waals surface area contributed by atoms with Crippen molar-refractivity contribution in [2.75, 3.05) is 12.8 Å². The van der Waals surface area contributed by atoms with Crippen molar-refractivity contribution < 1.29 is 14.3 Å². The summed E-state index contributed by atoms with van der Waals surface area (Å²) >= 11 is 0. The zero-order valence-corrected chi connectivity index (χ0v) is 12.1. The minimum Gasteiger partial charge on any atom is -0.473 e. The lowest BCUT2D eigenvalue weighted by Crippen LogP contribution is -2.30. The maximum atomic E-state index is 11.6. The molecule has 0 amide bonds. The Kier molecular flexibility index (Phi) is 4.82. The first-order valence-electron chi connectivity index (χ1n) is 7.16. The molecule has 0 radical (unpaired) electrons. The molecule has 110 valence electrons. The van der Waals surface area contributed by atoms with Crippen LogP contribution in [0, 0.1) is 5.92 Å². The number of esters is 1. The minimum absolute atomic E-state index is 0.136. The molecule has 1 aromatic rings. The van der Waals surface area contributed by atoms with E-state index in [9.17, 15) is 4.79 Å². The van der Waals surface area contributed by atoms with Gasteiger partial charge in [0.05, 0.1) is 12.7 Å². The Morgan fingerprint density at radius 2 is 2.20 bits per heavy atom. The van der Waals surface area contributed by atoms with Crippen LogP contribution in [0.2, 0.25) is 0 Å². The Morgan fingerprint density at radius 3 is 2.90 bits per heavy atom. The first-order valence-corrected chi connectivity index (χ1v) is 7.16. The van der Waals surface area contributed by atoms with Crippen LogP contribution in [-0.4, -0.2) is 24.2 Å². The summed E-state index contributed by atoms with van der Waals surface area (Å²) in [5, 5.41) is 0. The number of aromatic nitrogens is 1. The van der Waals surface area contributed by atoms with Crippen molar-refractivity contribution in [3.05, 3.63) is 17.8 Å². The number of methoxy groups -OCH3 is 1. The van der Waals surface area contributed by atoms with Crippen LogP contribution in [0.3, 0.4) is 0 Å². The standard InChI is InChI=1S/C15H22N2O3/c1-3-10-6-4-5-7-12(10)20-14-13(16)11(8-9-17-14)15(18)19-2/h8-10,12H,3-7,16H2,1-2H3. The molecule has 2 unspecified atom stereocenters. The van der Waals surface area contributed by atoms with Gasteiger partial charge in [-0.1, -0.05) is 13.3 Å². The summed E-state index contributed by atoms with van der Waals surface area (Å²) < 4.78 is 10.7. The predicted molar refractivity (Wildman–Crippen MR) is 76.7 cm³/mol. The van der Waals surface area contributed by atoms with Crippen LogP contribution in [0.15, 0.2) is 12.3 Å². The smallest absolute Gasteiger partial charge is 0.340 e. The van der Waals surface area contributed by atoms with Crippen LogP contribution in [0.1, 0.15) is 49.4 Å². The van der Waals surface area contributed by atoms with Crippen molar-refractivity contribution in [1.29, 1.82) is 0 Å². The van der Waals surface area contributed by atoms with E-state index >= 15 is 0 Å². The van der Waals surface area contributed by atoms with Crippen molar-refractivity contribution in [2.24, 2.45) is 5.92 Å². The van der Waals surface area contributed by atoms with Crippen molar-refractivity contribution in [3.8, 4) is 5.88 Å². The predicted octanol–water partition coefficient (Wildman–Crippen LogP) is 2.80. The molecule has 2 rings (SSSR count). The molecular weight excluding hydrogens is 256 g/mol. The van der Waals surface area contributed by atoms with Crippen molar-refractivity contribution in [1.82, 2.24) is 4.98 Å². The number of pyridine rings is 1. The highest BCUT2D eigenvalue weighted by Gasteiger charge is 2.27. The molecule has 1 aliphatic carbocycles. The molecule has 20 heavy (non-hydrogen) atoms. The van der Waals surface area contributed by atoms with Crippen molar-refractivity contribution >= 4 is 11.7 Å². The van der Waals surface area contributed by atoms with Crippen LogP contribution in [0.4, 0.5) is 5.69 Å². The average molecular weight is 278 g/mol. The Labute approximate surface area is 119 Å². The fourth-order valence-corrected chi connectivity index (χ4v) is 2.78. The topological polar surface area (TPSA) is 74.4 Å². The van der Waals surface area contributed by atoms with Gasteiger partial charge in [-0.15, -0.1) is 0 Å². The Hall–Kier alpha value is -1.78. The normalized spacial score (nSPS) is 22.3. The second kappa shape index (κ2) is 6.59. The summed E-state index contributed by atoms with van der Waals surface area (Å²) in [4.78, 5) is 15.8. The van der Waals surface area contributed by atoms with E-state index in [1.807, 2.05) is 0 Å². The highest BCUT2D eigenvalue weighted by atomic mass is 16.5. The molecule has 1 aliphatic rings. The average Bonchev–Trinajstić information content (AvgIpc) is 2.49. The largest absolute Gasteiger partial charge is 0.473 e. The molecular formula is C15H22N2O3. The van der Waals surface area contributed by atoms with E-state index < -0.39 is 5.97 Å². The van der Waals surface area contributed by atoms with Gasteiger partial charge in [-0.3, -0.25) is 0 Å². The van der Waals surface area contributed by atoms with E-state index in [2.05, 4.69) is 11.9 Å². The molecule has 1 heterocycles. The van der Waals surface area contributed by atoms with Gasteiger partial charge in [0.1, 0.15) is 11.8 Å². The third kappa shape index (κ3) is 3.03. The number of carbonyl (C=O) groups excluding carboxylic acids is 1. The number of nitrogen functional groups attached to an aromatic ring is 1. The van der Waals surface area contributed by atoms with Gasteiger partial charge >= 0.3 is 5.97 Å². The van der Waals surface area contributed by atoms with Crippen LogP contribution >= 0.6 is 0 Å². The highest BCUT2D eigenvalue weighted by molar-refractivity contribution is 5.95. The van der Waals surface area contributed by atoms with Crippen LogP contribution in [0.5, 0.6) is 5.88 Å². The maximum absolute atomic E-state index is 11.6. The lowest BCUT2D eigenvalue weighted by atomic mass is 9.85. The van der Waals surface area contributed by atoms with Crippen LogP contribution < -0.4 is 10.5 Å².